The van der Waals surface area contributed by atoms with Gasteiger partial charge in [-0.15, -0.1) is 11.6 Å². The summed E-state index contributed by atoms with van der Waals surface area (Å²) in [6, 6.07) is 25.2. The third kappa shape index (κ3) is 5.83. The minimum absolute atomic E-state index is 0.150. The predicted octanol–water partition coefficient (Wildman–Crippen LogP) is 5.47. The summed E-state index contributed by atoms with van der Waals surface area (Å²) in [5.41, 5.74) is 10.4. The highest BCUT2D eigenvalue weighted by atomic mass is 35.5. The maximum absolute atomic E-state index is 13.1. The van der Waals surface area contributed by atoms with Gasteiger partial charge in [0.2, 0.25) is 0 Å². The molecule has 0 bridgehead atoms. The molecule has 3 aromatic carbocycles. The second kappa shape index (κ2) is 11.0. The van der Waals surface area contributed by atoms with E-state index in [0.29, 0.717) is 24.4 Å². The number of para-hydroxylation sites is 2. The number of carbonyl (C=O) groups excluding carboxylic acids is 1. The van der Waals surface area contributed by atoms with Gasteiger partial charge in [0.1, 0.15) is 11.7 Å². The first-order valence-corrected chi connectivity index (χ1v) is 11.8. The number of nitrogens with two attached hydrogens (primary N) is 1. The van der Waals surface area contributed by atoms with Crippen molar-refractivity contribution in [1.82, 2.24) is 15.3 Å². The Balaban J connectivity index is 1.50. The van der Waals surface area contributed by atoms with Crippen LogP contribution in [0.3, 0.4) is 0 Å². The number of nitrogens with zero attached hydrogens (tertiary/aromatic N) is 2. The van der Waals surface area contributed by atoms with Crippen LogP contribution < -0.4 is 11.1 Å². The van der Waals surface area contributed by atoms with Gasteiger partial charge in [0.25, 0.3) is 5.91 Å². The summed E-state index contributed by atoms with van der Waals surface area (Å²) in [5, 5.41) is 2.84. The molecule has 0 saturated heterocycles. The third-order valence-electron chi connectivity index (χ3n) is 5.65. The zero-order valence-electron chi connectivity index (χ0n) is 19.0. The van der Waals surface area contributed by atoms with E-state index in [1.165, 1.54) is 0 Å². The molecule has 1 heterocycles. The van der Waals surface area contributed by atoms with E-state index in [0.717, 1.165) is 34.4 Å². The normalized spacial score (nSPS) is 13.5. The fraction of sp³-hybridized carbons (Fsp3) is 0.222. The van der Waals surface area contributed by atoms with Gasteiger partial charge in [-0.3, -0.25) is 9.79 Å². The maximum Gasteiger partial charge on any atom is 0.251 e. The number of benzene rings is 3. The van der Waals surface area contributed by atoms with Gasteiger partial charge in [-0.2, -0.15) is 0 Å². The van der Waals surface area contributed by atoms with E-state index in [1.54, 1.807) is 6.92 Å². The quantitative estimate of drug-likeness (QED) is 0.130. The molecule has 7 heteroatoms. The Morgan fingerprint density at radius 1 is 1.03 bits per heavy atom. The molecule has 2 atom stereocenters. The molecule has 34 heavy (non-hydrogen) atoms. The van der Waals surface area contributed by atoms with Crippen molar-refractivity contribution in [3.05, 3.63) is 90.3 Å². The first kappa shape index (κ1) is 23.5. The third-order valence-corrected chi connectivity index (χ3v) is 5.87. The number of rotatable bonds is 9. The molecule has 4 N–H and O–H groups in total. The zero-order chi connectivity index (χ0) is 23.9. The van der Waals surface area contributed by atoms with Crippen LogP contribution in [0.25, 0.3) is 22.2 Å². The SMILES string of the molecule is CC(Cl)C(N)=NCCC[C@H](NC(=O)c1ccc(-c2ccccc2)cc1)c1nc2ccccc2[nH]1. The molecule has 4 aromatic rings. The van der Waals surface area contributed by atoms with Crippen LogP contribution in [0.5, 0.6) is 0 Å². The van der Waals surface area contributed by atoms with Crippen LogP contribution in [-0.4, -0.2) is 33.6 Å². The van der Waals surface area contributed by atoms with Crippen molar-refractivity contribution in [3.63, 3.8) is 0 Å². The van der Waals surface area contributed by atoms with Gasteiger partial charge in [0.15, 0.2) is 0 Å². The van der Waals surface area contributed by atoms with Crippen molar-refractivity contribution < 1.29 is 4.79 Å². The van der Waals surface area contributed by atoms with Gasteiger partial charge < -0.3 is 16.0 Å². The van der Waals surface area contributed by atoms with E-state index < -0.39 is 0 Å². The summed E-state index contributed by atoms with van der Waals surface area (Å²) in [4.78, 5) is 25.5. The van der Waals surface area contributed by atoms with E-state index in [-0.39, 0.29) is 17.3 Å². The molecule has 0 radical (unpaired) electrons. The molecule has 1 unspecified atom stereocenters. The van der Waals surface area contributed by atoms with Crippen LogP contribution in [0.2, 0.25) is 0 Å². The molecular weight excluding hydrogens is 446 g/mol. The monoisotopic (exact) mass is 473 g/mol. The summed E-state index contributed by atoms with van der Waals surface area (Å²) in [7, 11) is 0. The number of halogens is 1. The highest BCUT2D eigenvalue weighted by Crippen LogP contribution is 2.22. The van der Waals surface area contributed by atoms with Gasteiger partial charge in [0, 0.05) is 12.1 Å². The van der Waals surface area contributed by atoms with Crippen molar-refractivity contribution >= 4 is 34.4 Å². The largest absolute Gasteiger partial charge is 0.386 e. The molecule has 1 amide bonds. The van der Waals surface area contributed by atoms with Crippen molar-refractivity contribution in [2.24, 2.45) is 10.7 Å². The van der Waals surface area contributed by atoms with Crippen LogP contribution in [0.1, 0.15) is 42.0 Å². The van der Waals surface area contributed by atoms with Crippen LogP contribution in [0, 0.1) is 0 Å². The second-order valence-electron chi connectivity index (χ2n) is 8.17. The number of aliphatic imine (C=N–C) groups is 1. The number of carbonyl (C=O) groups is 1. The smallest absolute Gasteiger partial charge is 0.251 e. The molecule has 1 aromatic heterocycles. The highest BCUT2D eigenvalue weighted by molar-refractivity contribution is 6.31. The van der Waals surface area contributed by atoms with Crippen molar-refractivity contribution in [3.8, 4) is 11.1 Å². The Kier molecular flexibility index (Phi) is 7.60. The predicted molar refractivity (Wildman–Crippen MR) is 139 cm³/mol. The molecule has 0 saturated carbocycles. The molecule has 6 nitrogen and oxygen atoms in total. The molecule has 0 fully saturated rings. The Morgan fingerprint density at radius 3 is 2.41 bits per heavy atom. The van der Waals surface area contributed by atoms with Gasteiger partial charge in [-0.05, 0) is 55.2 Å². The van der Waals surface area contributed by atoms with Crippen molar-refractivity contribution in [2.75, 3.05) is 6.54 Å². The number of fused-ring (bicyclic) bond motifs is 1. The van der Waals surface area contributed by atoms with Gasteiger partial charge in [0.05, 0.1) is 22.5 Å². The first-order valence-electron chi connectivity index (χ1n) is 11.4. The topological polar surface area (TPSA) is 96.2 Å². The zero-order valence-corrected chi connectivity index (χ0v) is 19.8. The first-order chi connectivity index (χ1) is 16.5. The molecule has 174 valence electrons. The van der Waals surface area contributed by atoms with Crippen molar-refractivity contribution in [2.45, 2.75) is 31.2 Å². The molecule has 0 aliphatic carbocycles. The molecule has 0 aliphatic rings. The number of hydrogen-bond donors (Lipinski definition) is 3. The Bertz CT molecular complexity index is 1230. The lowest BCUT2D eigenvalue weighted by Crippen LogP contribution is -2.29. The summed E-state index contributed by atoms with van der Waals surface area (Å²) in [6.07, 6.45) is 1.38. The van der Waals surface area contributed by atoms with E-state index in [4.69, 9.17) is 22.3 Å². The highest BCUT2D eigenvalue weighted by Gasteiger charge is 2.19. The Labute approximate surface area is 204 Å². The van der Waals surface area contributed by atoms with E-state index in [9.17, 15) is 4.79 Å². The Morgan fingerprint density at radius 2 is 1.71 bits per heavy atom. The number of alkyl halides is 1. The number of hydrogen-bond acceptors (Lipinski definition) is 3. The molecule has 4 rings (SSSR count). The van der Waals surface area contributed by atoms with Crippen LogP contribution >= 0.6 is 11.6 Å². The number of amidine groups is 1. The fourth-order valence-corrected chi connectivity index (χ4v) is 3.80. The average Bonchev–Trinajstić information content (AvgIpc) is 3.30. The summed E-state index contributed by atoms with van der Waals surface area (Å²) < 4.78 is 0. The number of amides is 1. The fourth-order valence-electron chi connectivity index (χ4n) is 3.73. The van der Waals surface area contributed by atoms with E-state index in [1.807, 2.05) is 78.9 Å². The molecular formula is C27H28ClN5O. The Hall–Kier alpha value is -3.64. The minimum atomic E-state index is -0.301. The number of aromatic amines is 1. The maximum atomic E-state index is 13.1. The summed E-state index contributed by atoms with van der Waals surface area (Å²) >= 11 is 5.97. The second-order valence-corrected chi connectivity index (χ2v) is 8.83. The van der Waals surface area contributed by atoms with Gasteiger partial charge in [-0.25, -0.2) is 4.98 Å². The number of imidazole rings is 1. The van der Waals surface area contributed by atoms with Gasteiger partial charge >= 0.3 is 0 Å². The standard InChI is InChI=1S/C27H28ClN5O/c1-18(28)25(29)30-17-7-12-24(26-31-22-10-5-6-11-23(22)32-26)33-27(34)21-15-13-20(14-16-21)19-8-3-2-4-9-19/h2-6,8-11,13-16,18,24H,7,12,17H2,1H3,(H2,29,30)(H,31,32)(H,33,34)/t18?,24-/m0/s1. The number of aromatic nitrogens is 2. The summed E-state index contributed by atoms with van der Waals surface area (Å²) in [6.45, 7) is 2.32. The van der Waals surface area contributed by atoms with Crippen LogP contribution in [0.15, 0.2) is 83.9 Å². The number of nitrogens with one attached hydrogen (secondary N) is 2. The average molecular weight is 474 g/mol. The lowest BCUT2D eigenvalue weighted by molar-refractivity contribution is 0.0932. The summed E-state index contributed by atoms with van der Waals surface area (Å²) in [5.74, 6) is 0.991. The molecule has 0 spiro atoms. The van der Waals surface area contributed by atoms with E-state index in [2.05, 4.69) is 15.3 Å². The van der Waals surface area contributed by atoms with Crippen LogP contribution in [0.4, 0.5) is 0 Å². The van der Waals surface area contributed by atoms with Crippen LogP contribution in [-0.2, 0) is 0 Å². The van der Waals surface area contributed by atoms with Crippen molar-refractivity contribution in [1.29, 1.82) is 0 Å². The van der Waals surface area contributed by atoms with E-state index >= 15 is 0 Å². The number of H-pyrrole nitrogens is 1. The van der Waals surface area contributed by atoms with Gasteiger partial charge in [-0.1, -0.05) is 54.6 Å². The lowest BCUT2D eigenvalue weighted by Gasteiger charge is -2.17. The minimum Gasteiger partial charge on any atom is -0.386 e. The lowest BCUT2D eigenvalue weighted by atomic mass is 10.0. The molecule has 0 aliphatic heterocycles.